The molecule has 0 aliphatic carbocycles. The van der Waals surface area contributed by atoms with Crippen molar-refractivity contribution in [3.8, 4) is 0 Å². The van der Waals surface area contributed by atoms with E-state index in [1.807, 2.05) is 12.2 Å². The second kappa shape index (κ2) is 11.2. The van der Waals surface area contributed by atoms with Crippen LogP contribution in [0, 0.1) is 0 Å². The number of benzene rings is 10. The fraction of sp³-hybridized carbons (Fsp3) is 0. The molecule has 0 saturated carbocycles. The third kappa shape index (κ3) is 4.10. The van der Waals surface area contributed by atoms with Gasteiger partial charge < -0.3 is 0 Å². The van der Waals surface area contributed by atoms with Crippen LogP contribution >= 0.6 is 0 Å². The second-order valence-corrected chi connectivity index (χ2v) is 12.4. The Balaban J connectivity index is 0.000000132. The van der Waals surface area contributed by atoms with Crippen molar-refractivity contribution in [3.05, 3.63) is 182 Å². The van der Waals surface area contributed by atoms with Gasteiger partial charge in [-0.25, -0.2) is 0 Å². The summed E-state index contributed by atoms with van der Waals surface area (Å²) in [5, 5.41) is 20.9. The van der Waals surface area contributed by atoms with Gasteiger partial charge in [0.1, 0.15) is 0 Å². The normalized spacial score (nSPS) is 11.5. The molecule has 0 unspecified atom stereocenters. The molecule has 0 spiro atoms. The fourth-order valence-corrected chi connectivity index (χ4v) is 8.02. The fourth-order valence-electron chi connectivity index (χ4n) is 8.02. The van der Waals surface area contributed by atoms with E-state index in [4.69, 9.17) is 0 Å². The van der Waals surface area contributed by atoms with Crippen LogP contribution in [0.4, 0.5) is 0 Å². The molecule has 0 heteroatoms. The zero-order chi connectivity index (χ0) is 32.2. The molecule has 48 heavy (non-hydrogen) atoms. The van der Waals surface area contributed by atoms with Crippen LogP contribution in [0.25, 0.3) is 98.3 Å². The van der Waals surface area contributed by atoms with Crippen molar-refractivity contribution >= 4 is 98.3 Å². The molecule has 0 bridgehead atoms. The number of hydrogen-bond acceptors (Lipinski definition) is 0. The maximum atomic E-state index is 4.14. The minimum Gasteiger partial charge on any atom is -0.0984 e. The molecular weight excluding hydrogens is 577 g/mol. The van der Waals surface area contributed by atoms with E-state index in [1.165, 1.54) is 86.2 Å². The molecule has 0 fully saturated rings. The van der Waals surface area contributed by atoms with Gasteiger partial charge in [0.25, 0.3) is 0 Å². The average Bonchev–Trinajstić information content (AvgIpc) is 3.17. The Morgan fingerprint density at radius 2 is 0.583 bits per heavy atom. The lowest BCUT2D eigenvalue weighted by Crippen LogP contribution is -1.92. The van der Waals surface area contributed by atoms with E-state index in [9.17, 15) is 0 Å². The van der Waals surface area contributed by atoms with E-state index in [-0.39, 0.29) is 0 Å². The highest BCUT2D eigenvalue weighted by atomic mass is 14.2. The highest BCUT2D eigenvalue weighted by molar-refractivity contribution is 6.34. The first-order valence-electron chi connectivity index (χ1n) is 16.5. The smallest absolute Gasteiger partial charge is 0.00139 e. The molecule has 0 heterocycles. The standard InChI is InChI=1S/C26H18.C22H14/c1-3-17-18(4-2)25-23-15-9-6-12-20(23)21-13-7-10-16-24(21)26(25)22-14-8-5-11-19(17)22;1-2-8-16-15(7-1)13-14-21-19-11-4-3-9-17(19)18-10-5-6-12-20(18)22(16)21/h3-16H,1-2H2;1-14H. The minimum atomic E-state index is 1.16. The summed E-state index contributed by atoms with van der Waals surface area (Å²) >= 11 is 0. The maximum Gasteiger partial charge on any atom is -0.00139 e. The Bertz CT molecular complexity index is 2870. The van der Waals surface area contributed by atoms with Crippen LogP contribution in [0.5, 0.6) is 0 Å². The van der Waals surface area contributed by atoms with Crippen LogP contribution < -0.4 is 0 Å². The van der Waals surface area contributed by atoms with Gasteiger partial charge in [0.15, 0.2) is 0 Å². The Labute approximate surface area is 279 Å². The third-order valence-electron chi connectivity index (χ3n) is 10.0. The van der Waals surface area contributed by atoms with Crippen molar-refractivity contribution in [1.82, 2.24) is 0 Å². The van der Waals surface area contributed by atoms with Gasteiger partial charge in [-0.2, -0.15) is 0 Å². The predicted molar refractivity (Wildman–Crippen MR) is 213 cm³/mol. The summed E-state index contributed by atoms with van der Waals surface area (Å²) in [6.07, 6.45) is 3.94. The first-order valence-corrected chi connectivity index (χ1v) is 16.5. The lowest BCUT2D eigenvalue weighted by Gasteiger charge is -2.18. The Kier molecular flexibility index (Phi) is 6.55. The Morgan fingerprint density at radius 3 is 1.08 bits per heavy atom. The molecular formula is C48H32. The van der Waals surface area contributed by atoms with Crippen LogP contribution in [0.2, 0.25) is 0 Å². The summed E-state index contributed by atoms with van der Waals surface area (Å²) in [6.45, 7) is 8.23. The van der Waals surface area contributed by atoms with Crippen molar-refractivity contribution in [2.75, 3.05) is 0 Å². The highest BCUT2D eigenvalue weighted by Crippen LogP contribution is 2.43. The predicted octanol–water partition coefficient (Wildman–Crippen LogP) is 13.9. The molecule has 0 aliphatic rings. The van der Waals surface area contributed by atoms with Gasteiger partial charge in [0.05, 0.1) is 0 Å². The molecule has 0 aliphatic heterocycles. The van der Waals surface area contributed by atoms with Crippen molar-refractivity contribution in [3.63, 3.8) is 0 Å². The van der Waals surface area contributed by atoms with Crippen LogP contribution in [0.1, 0.15) is 11.1 Å². The molecule has 0 amide bonds. The summed E-state index contributed by atoms with van der Waals surface area (Å²) in [6, 6.07) is 56.6. The number of hydrogen-bond donors (Lipinski definition) is 0. The van der Waals surface area contributed by atoms with Crippen molar-refractivity contribution in [2.24, 2.45) is 0 Å². The number of fused-ring (bicyclic) bond motifs is 16. The summed E-state index contributed by atoms with van der Waals surface area (Å²) < 4.78 is 0. The van der Waals surface area contributed by atoms with E-state index in [0.717, 1.165) is 11.1 Å². The molecule has 224 valence electrons. The third-order valence-corrected chi connectivity index (χ3v) is 10.0. The van der Waals surface area contributed by atoms with E-state index >= 15 is 0 Å². The SMILES string of the molecule is C=Cc1c(C=C)c2c3ccccc3c3ccccc3c2c2ccccc12.c1ccc2c(c1)ccc1c3ccccc3c3ccccc3c21. The van der Waals surface area contributed by atoms with Gasteiger partial charge in [0, 0.05) is 0 Å². The minimum absolute atomic E-state index is 1.16. The highest BCUT2D eigenvalue weighted by Gasteiger charge is 2.16. The van der Waals surface area contributed by atoms with Crippen LogP contribution in [0.3, 0.4) is 0 Å². The van der Waals surface area contributed by atoms with E-state index in [0.29, 0.717) is 0 Å². The summed E-state index contributed by atoms with van der Waals surface area (Å²) in [4.78, 5) is 0. The molecule has 0 aromatic heterocycles. The van der Waals surface area contributed by atoms with Gasteiger partial charge in [-0.05, 0) is 97.3 Å². The lowest BCUT2D eigenvalue weighted by molar-refractivity contribution is 1.73. The Hall–Kier alpha value is -6.24. The van der Waals surface area contributed by atoms with E-state index < -0.39 is 0 Å². The summed E-state index contributed by atoms with van der Waals surface area (Å²) in [5.74, 6) is 0. The van der Waals surface area contributed by atoms with Gasteiger partial charge in [0.2, 0.25) is 0 Å². The monoisotopic (exact) mass is 608 g/mol. The summed E-state index contributed by atoms with van der Waals surface area (Å²) in [7, 11) is 0. The average molecular weight is 609 g/mol. The lowest BCUT2D eigenvalue weighted by atomic mass is 9.85. The van der Waals surface area contributed by atoms with Gasteiger partial charge >= 0.3 is 0 Å². The number of rotatable bonds is 2. The van der Waals surface area contributed by atoms with Crippen LogP contribution in [-0.2, 0) is 0 Å². The molecule has 10 aromatic rings. The van der Waals surface area contributed by atoms with Gasteiger partial charge in [-0.1, -0.05) is 183 Å². The van der Waals surface area contributed by atoms with Gasteiger partial charge in [-0.3, -0.25) is 0 Å². The molecule has 0 atom stereocenters. The first-order chi connectivity index (χ1) is 23.8. The largest absolute Gasteiger partial charge is 0.0984 e. The quantitative estimate of drug-likeness (QED) is 0.171. The molecule has 10 rings (SSSR count). The zero-order valence-corrected chi connectivity index (χ0v) is 26.6. The molecule has 0 radical (unpaired) electrons. The molecule has 0 nitrogen and oxygen atoms in total. The molecule has 0 saturated heterocycles. The maximum absolute atomic E-state index is 4.14. The van der Waals surface area contributed by atoms with Gasteiger partial charge in [-0.15, -0.1) is 0 Å². The van der Waals surface area contributed by atoms with Crippen LogP contribution in [0.15, 0.2) is 171 Å². The second-order valence-electron chi connectivity index (χ2n) is 12.4. The Morgan fingerprint density at radius 1 is 0.250 bits per heavy atom. The van der Waals surface area contributed by atoms with Crippen molar-refractivity contribution in [1.29, 1.82) is 0 Å². The van der Waals surface area contributed by atoms with E-state index in [2.05, 4.69) is 171 Å². The first kappa shape index (κ1) is 28.0. The van der Waals surface area contributed by atoms with Crippen molar-refractivity contribution < 1.29 is 0 Å². The molecule has 10 aromatic carbocycles. The zero-order valence-electron chi connectivity index (χ0n) is 26.6. The van der Waals surface area contributed by atoms with E-state index in [1.54, 1.807) is 0 Å². The van der Waals surface area contributed by atoms with Crippen LogP contribution in [-0.4, -0.2) is 0 Å². The summed E-state index contributed by atoms with van der Waals surface area (Å²) in [5.41, 5.74) is 2.32. The topological polar surface area (TPSA) is 0 Å². The molecule has 0 N–H and O–H groups in total. The van der Waals surface area contributed by atoms with Crippen molar-refractivity contribution in [2.45, 2.75) is 0 Å².